The molecule has 1 aromatic rings. The van der Waals surface area contributed by atoms with Crippen molar-refractivity contribution in [3.63, 3.8) is 0 Å². The van der Waals surface area contributed by atoms with E-state index in [1.165, 1.54) is 22.0 Å². The highest BCUT2D eigenvalue weighted by atomic mass is 32.2. The Labute approximate surface area is 138 Å². The third-order valence-electron chi connectivity index (χ3n) is 3.42. The fourth-order valence-electron chi connectivity index (χ4n) is 2.34. The van der Waals surface area contributed by atoms with E-state index in [1.807, 2.05) is 11.8 Å². The molecule has 1 atom stereocenters. The number of carboxylic acids is 2. The van der Waals surface area contributed by atoms with Crippen LogP contribution in [0.15, 0.2) is 28.1 Å². The van der Waals surface area contributed by atoms with Crippen LogP contribution in [0.4, 0.5) is 5.69 Å². The van der Waals surface area contributed by atoms with Gasteiger partial charge in [-0.3, -0.25) is 4.99 Å². The Morgan fingerprint density at radius 3 is 2.61 bits per heavy atom. The molecule has 0 aromatic heterocycles. The quantitative estimate of drug-likeness (QED) is 0.659. The van der Waals surface area contributed by atoms with Gasteiger partial charge in [-0.15, -0.1) is 11.8 Å². The fourth-order valence-corrected chi connectivity index (χ4v) is 3.82. The Kier molecular flexibility index (Phi) is 5.49. The number of carbonyl (C=O) groups is 2. The van der Waals surface area contributed by atoms with Crippen molar-refractivity contribution < 1.29 is 19.8 Å². The van der Waals surface area contributed by atoms with Crippen molar-refractivity contribution in [3.8, 4) is 0 Å². The zero-order chi connectivity index (χ0) is 17.0. The van der Waals surface area contributed by atoms with Crippen LogP contribution in [-0.2, 0) is 9.59 Å². The van der Waals surface area contributed by atoms with Gasteiger partial charge in [-0.05, 0) is 24.6 Å². The zero-order valence-electron chi connectivity index (χ0n) is 12.9. The van der Waals surface area contributed by atoms with Crippen LogP contribution in [0.5, 0.6) is 0 Å². The van der Waals surface area contributed by atoms with Gasteiger partial charge in [0.1, 0.15) is 5.84 Å². The molecular weight excluding hydrogens is 318 g/mol. The molecule has 0 saturated heterocycles. The molecule has 0 aliphatic carbocycles. The minimum absolute atomic E-state index is 0.455. The lowest BCUT2D eigenvalue weighted by molar-refractivity contribution is -0.159. The second kappa shape index (κ2) is 7.36. The highest BCUT2D eigenvalue weighted by Crippen LogP contribution is 2.38. The summed E-state index contributed by atoms with van der Waals surface area (Å²) in [6, 6.07) is 6.68. The topological polar surface area (TPSA) is 102 Å². The molecule has 2 aliphatic rings. The first-order chi connectivity index (χ1) is 10.9. The summed E-state index contributed by atoms with van der Waals surface area (Å²) in [5, 5.41) is 18.6. The summed E-state index contributed by atoms with van der Waals surface area (Å²) < 4.78 is 0. The molecular formula is C15H19N3O4S. The van der Waals surface area contributed by atoms with E-state index in [2.05, 4.69) is 47.4 Å². The third kappa shape index (κ3) is 4.38. The Morgan fingerprint density at radius 1 is 1.35 bits per heavy atom. The molecule has 0 bridgehead atoms. The normalized spacial score (nSPS) is 19.0. The van der Waals surface area contributed by atoms with Crippen molar-refractivity contribution in [2.75, 3.05) is 31.6 Å². The number of nitrogens with one attached hydrogen (secondary N) is 1. The molecule has 2 heterocycles. The number of aryl methyl sites for hydroxylation is 1. The Balaban J connectivity index is 0.000000277. The summed E-state index contributed by atoms with van der Waals surface area (Å²) in [5.41, 5.74) is 2.67. The summed E-state index contributed by atoms with van der Waals surface area (Å²) in [6.45, 7) is 5.11. The van der Waals surface area contributed by atoms with E-state index < -0.39 is 11.9 Å². The number of rotatable bonds is 1. The maximum Gasteiger partial charge on any atom is 0.414 e. The van der Waals surface area contributed by atoms with Crippen molar-refractivity contribution >= 4 is 35.2 Å². The molecule has 0 fully saturated rings. The van der Waals surface area contributed by atoms with Crippen molar-refractivity contribution in [1.82, 2.24) is 5.32 Å². The molecule has 0 spiro atoms. The highest BCUT2D eigenvalue weighted by Gasteiger charge is 2.27. The zero-order valence-corrected chi connectivity index (χ0v) is 13.8. The molecule has 0 amide bonds. The first kappa shape index (κ1) is 17.1. The second-order valence-corrected chi connectivity index (χ2v) is 6.51. The number of thioether (sulfide) groups is 1. The maximum absolute atomic E-state index is 9.10. The lowest BCUT2D eigenvalue weighted by Gasteiger charge is -2.33. The van der Waals surface area contributed by atoms with Crippen LogP contribution in [0.3, 0.4) is 0 Å². The summed E-state index contributed by atoms with van der Waals surface area (Å²) in [6.07, 6.45) is 0. The molecule has 7 nitrogen and oxygen atoms in total. The van der Waals surface area contributed by atoms with Gasteiger partial charge in [0.2, 0.25) is 0 Å². The van der Waals surface area contributed by atoms with E-state index in [0.717, 1.165) is 19.6 Å². The number of amidine groups is 1. The highest BCUT2D eigenvalue weighted by molar-refractivity contribution is 8.01. The lowest BCUT2D eigenvalue weighted by Crippen LogP contribution is -2.40. The summed E-state index contributed by atoms with van der Waals surface area (Å²) in [4.78, 5) is 26.5. The van der Waals surface area contributed by atoms with Crippen LogP contribution >= 0.6 is 11.8 Å². The predicted octanol–water partition coefficient (Wildman–Crippen LogP) is 1.06. The van der Waals surface area contributed by atoms with Crippen molar-refractivity contribution in [2.24, 2.45) is 4.99 Å². The number of fused-ring (bicyclic) bond motifs is 1. The first-order valence-corrected chi connectivity index (χ1v) is 7.99. The number of nitrogens with zero attached hydrogens (tertiary/aromatic N) is 2. The first-order valence-electron chi connectivity index (χ1n) is 7.11. The van der Waals surface area contributed by atoms with Gasteiger partial charge >= 0.3 is 11.9 Å². The van der Waals surface area contributed by atoms with Crippen molar-refractivity contribution in [2.45, 2.75) is 17.1 Å². The Bertz CT molecular complexity index is 636. The van der Waals surface area contributed by atoms with Crippen molar-refractivity contribution in [3.05, 3.63) is 23.8 Å². The molecule has 3 N–H and O–H groups in total. The number of carboxylic acid groups (broad SMARTS) is 2. The van der Waals surface area contributed by atoms with E-state index in [-0.39, 0.29) is 0 Å². The van der Waals surface area contributed by atoms with Crippen LogP contribution in [0.25, 0.3) is 0 Å². The average Bonchev–Trinajstić information content (AvgIpc) is 3.01. The molecule has 3 rings (SSSR count). The monoisotopic (exact) mass is 337 g/mol. The van der Waals surface area contributed by atoms with Crippen LogP contribution < -0.4 is 10.2 Å². The van der Waals surface area contributed by atoms with Gasteiger partial charge < -0.3 is 20.4 Å². The van der Waals surface area contributed by atoms with Gasteiger partial charge in [-0.2, -0.15) is 0 Å². The van der Waals surface area contributed by atoms with Gasteiger partial charge in [-0.1, -0.05) is 6.07 Å². The minimum Gasteiger partial charge on any atom is -0.473 e. The Hall–Kier alpha value is -2.22. The molecule has 2 aliphatic heterocycles. The Morgan fingerprint density at radius 2 is 2.04 bits per heavy atom. The summed E-state index contributed by atoms with van der Waals surface area (Å²) in [5.74, 6) is -2.47. The number of hydrogen-bond acceptors (Lipinski definition) is 6. The molecule has 124 valence electrons. The summed E-state index contributed by atoms with van der Waals surface area (Å²) in [7, 11) is 2.16. The molecule has 0 radical (unpaired) electrons. The number of hydrogen-bond donors (Lipinski definition) is 3. The molecule has 1 unspecified atom stereocenters. The number of benzene rings is 1. The summed E-state index contributed by atoms with van der Waals surface area (Å²) >= 11 is 1.94. The molecule has 0 saturated carbocycles. The fraction of sp³-hybridized carbons (Fsp3) is 0.400. The standard InChI is InChI=1S/C13H17N3S.C2H2O4/c1-9-3-4-10-11(7-9)17-12(8-16(10)2)13-14-5-6-15-13;3-1(4)2(5)6/h3-4,7,12H,5-6,8H2,1-2H3,(H,14,15);(H,3,4)(H,5,6). The number of anilines is 1. The van der Waals surface area contributed by atoms with Crippen LogP contribution in [0.1, 0.15) is 5.56 Å². The van der Waals surface area contributed by atoms with Gasteiger partial charge in [0.15, 0.2) is 0 Å². The van der Waals surface area contributed by atoms with E-state index >= 15 is 0 Å². The van der Waals surface area contributed by atoms with E-state index in [0.29, 0.717) is 5.25 Å². The lowest BCUT2D eigenvalue weighted by atomic mass is 10.2. The van der Waals surface area contributed by atoms with E-state index in [9.17, 15) is 0 Å². The van der Waals surface area contributed by atoms with E-state index in [4.69, 9.17) is 19.8 Å². The van der Waals surface area contributed by atoms with Gasteiger partial charge in [0.05, 0.1) is 17.5 Å². The van der Waals surface area contributed by atoms with Gasteiger partial charge in [-0.25, -0.2) is 9.59 Å². The SMILES string of the molecule is Cc1ccc2c(c1)SC(C1=NCCN1)CN2C.O=C(O)C(=O)O. The second-order valence-electron chi connectivity index (χ2n) is 5.26. The third-order valence-corrected chi connectivity index (χ3v) is 4.66. The van der Waals surface area contributed by atoms with Crippen LogP contribution in [-0.4, -0.2) is 59.9 Å². The largest absolute Gasteiger partial charge is 0.473 e. The number of aliphatic carboxylic acids is 2. The van der Waals surface area contributed by atoms with Crippen molar-refractivity contribution in [1.29, 1.82) is 0 Å². The van der Waals surface area contributed by atoms with Gasteiger partial charge in [0.25, 0.3) is 0 Å². The molecule has 1 aromatic carbocycles. The maximum atomic E-state index is 9.10. The molecule has 8 heteroatoms. The predicted molar refractivity (Wildman–Crippen MR) is 89.7 cm³/mol. The van der Waals surface area contributed by atoms with Gasteiger partial charge in [0, 0.05) is 25.0 Å². The van der Waals surface area contributed by atoms with Crippen LogP contribution in [0.2, 0.25) is 0 Å². The average molecular weight is 337 g/mol. The minimum atomic E-state index is -1.82. The molecule has 23 heavy (non-hydrogen) atoms. The van der Waals surface area contributed by atoms with E-state index in [1.54, 1.807) is 0 Å². The van der Waals surface area contributed by atoms with Crippen LogP contribution in [0, 0.1) is 6.92 Å². The smallest absolute Gasteiger partial charge is 0.414 e. The number of aliphatic imine (C=N–C) groups is 1.